The molecule has 0 aromatic rings. The van der Waals surface area contributed by atoms with Gasteiger partial charge in [-0.3, -0.25) is 37.3 Å². The first-order chi connectivity index (χ1) is 42.0. The van der Waals surface area contributed by atoms with E-state index in [0.29, 0.717) is 25.7 Å². The molecule has 0 spiro atoms. The lowest BCUT2D eigenvalue weighted by molar-refractivity contribution is -0.161. The van der Waals surface area contributed by atoms with Gasteiger partial charge in [0.25, 0.3) is 0 Å². The molecule has 516 valence electrons. The van der Waals surface area contributed by atoms with Crippen LogP contribution in [0, 0.1) is 5.92 Å². The number of aliphatic hydroxyl groups excluding tert-OH is 1. The standard InChI is InChI=1S/C68H132O17P2/c1-6-9-12-15-18-21-24-27-32-37-42-47-52-66(71)79-58-64(85-68(73)54-49-44-39-34-29-28-30-35-40-45-50-61(4)5)60-83-87(76,77)81-56-62(69)55-80-86(74,75)82-59-63(84-67(72)53-48-43-38-33-26-23-20-17-14-11-8-3)57-78-65(70)51-46-41-36-31-25-22-19-16-13-10-7-2/h61-64,69H,6-60H2,1-5H3,(H,74,75)(H,76,77)/t62-,63+,64+/m0/s1. The van der Waals surface area contributed by atoms with E-state index in [1.807, 2.05) is 0 Å². The second-order valence-electron chi connectivity index (χ2n) is 25.0. The number of esters is 4. The number of aliphatic hydroxyl groups is 1. The minimum atomic E-state index is -4.95. The maximum Gasteiger partial charge on any atom is 0.472 e. The Bertz CT molecular complexity index is 1690. The van der Waals surface area contributed by atoms with E-state index in [4.69, 9.17) is 37.0 Å². The van der Waals surface area contributed by atoms with Gasteiger partial charge in [-0.2, -0.15) is 0 Å². The van der Waals surface area contributed by atoms with Crippen LogP contribution in [-0.4, -0.2) is 96.7 Å². The van der Waals surface area contributed by atoms with Crippen LogP contribution >= 0.6 is 15.6 Å². The third-order valence-corrected chi connectivity index (χ3v) is 17.7. The number of phosphoric acid groups is 2. The molecule has 0 saturated heterocycles. The zero-order valence-electron chi connectivity index (χ0n) is 56.2. The lowest BCUT2D eigenvalue weighted by Gasteiger charge is -2.21. The smallest absolute Gasteiger partial charge is 0.462 e. The Labute approximate surface area is 530 Å². The van der Waals surface area contributed by atoms with Crippen LogP contribution in [0.4, 0.5) is 0 Å². The molecule has 0 aromatic heterocycles. The van der Waals surface area contributed by atoms with Gasteiger partial charge < -0.3 is 33.8 Å². The third kappa shape index (κ3) is 62.6. The van der Waals surface area contributed by atoms with E-state index in [1.165, 1.54) is 173 Å². The van der Waals surface area contributed by atoms with Crippen LogP contribution in [0.15, 0.2) is 0 Å². The van der Waals surface area contributed by atoms with Crippen molar-refractivity contribution in [1.82, 2.24) is 0 Å². The van der Waals surface area contributed by atoms with Gasteiger partial charge in [0.2, 0.25) is 0 Å². The minimum absolute atomic E-state index is 0.106. The summed E-state index contributed by atoms with van der Waals surface area (Å²) in [5.41, 5.74) is 0. The van der Waals surface area contributed by atoms with Crippen molar-refractivity contribution < 1.29 is 80.2 Å². The number of hydrogen-bond donors (Lipinski definition) is 3. The molecule has 0 heterocycles. The number of hydrogen-bond acceptors (Lipinski definition) is 15. The zero-order valence-corrected chi connectivity index (χ0v) is 57.9. The highest BCUT2D eigenvalue weighted by Crippen LogP contribution is 2.45. The molecule has 0 aromatic carbocycles. The van der Waals surface area contributed by atoms with E-state index in [9.17, 15) is 43.2 Å². The number of carbonyl (C=O) groups excluding carboxylic acids is 4. The van der Waals surface area contributed by atoms with Crippen molar-refractivity contribution in [2.24, 2.45) is 5.92 Å². The van der Waals surface area contributed by atoms with E-state index < -0.39 is 97.5 Å². The molecule has 0 aliphatic rings. The Morgan fingerprint density at radius 2 is 0.529 bits per heavy atom. The highest BCUT2D eigenvalue weighted by atomic mass is 31.2. The van der Waals surface area contributed by atoms with Crippen molar-refractivity contribution in [3.05, 3.63) is 0 Å². The molecule has 2 unspecified atom stereocenters. The summed E-state index contributed by atoms with van der Waals surface area (Å²) in [6, 6.07) is 0. The van der Waals surface area contributed by atoms with Gasteiger partial charge in [-0.25, -0.2) is 9.13 Å². The van der Waals surface area contributed by atoms with Crippen LogP contribution in [0.5, 0.6) is 0 Å². The van der Waals surface area contributed by atoms with Gasteiger partial charge in [-0.1, -0.05) is 298 Å². The predicted octanol–water partition coefficient (Wildman–Crippen LogP) is 19.4. The molecule has 5 atom stereocenters. The molecule has 3 N–H and O–H groups in total. The number of carbonyl (C=O) groups is 4. The van der Waals surface area contributed by atoms with Gasteiger partial charge in [0.1, 0.15) is 19.3 Å². The van der Waals surface area contributed by atoms with Crippen molar-refractivity contribution >= 4 is 39.5 Å². The number of unbranched alkanes of at least 4 members (excludes halogenated alkanes) is 40. The second-order valence-corrected chi connectivity index (χ2v) is 27.9. The molecule has 17 nitrogen and oxygen atoms in total. The van der Waals surface area contributed by atoms with Crippen molar-refractivity contribution in [3.8, 4) is 0 Å². The molecule has 0 saturated carbocycles. The summed E-state index contributed by atoms with van der Waals surface area (Å²) in [4.78, 5) is 72.4. The van der Waals surface area contributed by atoms with Crippen molar-refractivity contribution in [2.45, 2.75) is 368 Å². The van der Waals surface area contributed by atoms with Crippen LogP contribution < -0.4 is 0 Å². The first-order valence-electron chi connectivity index (χ1n) is 35.6. The van der Waals surface area contributed by atoms with Gasteiger partial charge in [-0.15, -0.1) is 0 Å². The molecule has 0 amide bonds. The average molecular weight is 1280 g/mol. The van der Waals surface area contributed by atoms with Gasteiger partial charge >= 0.3 is 39.5 Å². The Morgan fingerprint density at radius 1 is 0.310 bits per heavy atom. The fourth-order valence-corrected chi connectivity index (χ4v) is 11.9. The fourth-order valence-electron chi connectivity index (χ4n) is 10.3. The van der Waals surface area contributed by atoms with Gasteiger partial charge in [0.05, 0.1) is 26.4 Å². The third-order valence-electron chi connectivity index (χ3n) is 15.8. The van der Waals surface area contributed by atoms with Crippen LogP contribution in [0.1, 0.15) is 349 Å². The summed E-state index contributed by atoms with van der Waals surface area (Å²) in [5.74, 6) is -1.37. The van der Waals surface area contributed by atoms with E-state index in [2.05, 4.69) is 34.6 Å². The molecule has 0 bridgehead atoms. The largest absolute Gasteiger partial charge is 0.472 e. The molecule has 0 rings (SSSR count). The van der Waals surface area contributed by atoms with Gasteiger partial charge in [-0.05, 0) is 31.6 Å². The Balaban J connectivity index is 5.25. The second kappa shape index (κ2) is 61.6. The van der Waals surface area contributed by atoms with Gasteiger partial charge in [0, 0.05) is 25.7 Å². The molecular weight excluding hydrogens is 1150 g/mol. The maximum absolute atomic E-state index is 13.0. The average Bonchev–Trinajstić information content (AvgIpc) is 3.54. The Kier molecular flexibility index (Phi) is 60.2. The van der Waals surface area contributed by atoms with Crippen LogP contribution in [-0.2, 0) is 65.4 Å². The number of rotatable bonds is 68. The molecule has 0 aliphatic heterocycles. The van der Waals surface area contributed by atoms with Crippen molar-refractivity contribution in [3.63, 3.8) is 0 Å². The monoisotopic (exact) mass is 1280 g/mol. The molecule has 0 fully saturated rings. The maximum atomic E-state index is 13.0. The minimum Gasteiger partial charge on any atom is -0.462 e. The van der Waals surface area contributed by atoms with Crippen LogP contribution in [0.3, 0.4) is 0 Å². The Morgan fingerprint density at radius 3 is 0.782 bits per heavy atom. The first-order valence-corrected chi connectivity index (χ1v) is 38.6. The lowest BCUT2D eigenvalue weighted by atomic mass is 10.0. The Hall–Kier alpha value is -1.94. The summed E-state index contributed by atoms with van der Waals surface area (Å²) >= 11 is 0. The molecular formula is C68H132O17P2. The topological polar surface area (TPSA) is 237 Å². The van der Waals surface area contributed by atoms with Gasteiger partial charge in [0.15, 0.2) is 12.2 Å². The summed E-state index contributed by atoms with van der Waals surface area (Å²) in [5, 5.41) is 10.6. The predicted molar refractivity (Wildman–Crippen MR) is 349 cm³/mol. The zero-order chi connectivity index (χ0) is 64.2. The summed E-state index contributed by atoms with van der Waals surface area (Å²) < 4.78 is 68.2. The van der Waals surface area contributed by atoms with E-state index in [0.717, 1.165) is 95.8 Å². The number of phosphoric ester groups is 2. The molecule has 0 aliphatic carbocycles. The van der Waals surface area contributed by atoms with Crippen LogP contribution in [0.25, 0.3) is 0 Å². The van der Waals surface area contributed by atoms with Crippen LogP contribution in [0.2, 0.25) is 0 Å². The summed E-state index contributed by atoms with van der Waals surface area (Å²) in [6.07, 6.45) is 47.0. The number of ether oxygens (including phenoxy) is 4. The quantitative estimate of drug-likeness (QED) is 0.0222. The molecule has 0 radical (unpaired) electrons. The normalized spacial score (nSPS) is 14.1. The molecule has 19 heteroatoms. The summed E-state index contributed by atoms with van der Waals surface area (Å²) in [7, 11) is -9.89. The van der Waals surface area contributed by atoms with E-state index in [1.54, 1.807) is 0 Å². The fraction of sp³-hybridized carbons (Fsp3) is 0.941. The molecule has 87 heavy (non-hydrogen) atoms. The SMILES string of the molecule is CCCCCCCCCCCCCCC(=O)OC[C@H](COP(=O)(O)OC[C@@H](O)COP(=O)(O)OC[C@@H](COC(=O)CCCCCCCCCCCCC)OC(=O)CCCCCCCCCCCCC)OC(=O)CCCCCCCCCCCCC(C)C. The lowest BCUT2D eigenvalue weighted by Crippen LogP contribution is -2.30. The van der Waals surface area contributed by atoms with E-state index in [-0.39, 0.29) is 25.7 Å². The van der Waals surface area contributed by atoms with Crippen molar-refractivity contribution in [2.75, 3.05) is 39.6 Å². The highest BCUT2D eigenvalue weighted by molar-refractivity contribution is 7.47. The highest BCUT2D eigenvalue weighted by Gasteiger charge is 2.30. The first kappa shape index (κ1) is 85.1. The van der Waals surface area contributed by atoms with E-state index >= 15 is 0 Å². The summed E-state index contributed by atoms with van der Waals surface area (Å²) in [6.45, 7) is 7.22. The van der Waals surface area contributed by atoms with Crippen molar-refractivity contribution in [1.29, 1.82) is 0 Å².